The second-order valence-corrected chi connectivity index (χ2v) is 5.62. The molecule has 0 saturated carbocycles. The number of carbonyl (C=O) groups excluding carboxylic acids is 1. The summed E-state index contributed by atoms with van der Waals surface area (Å²) < 4.78 is 0. The number of Topliss-reactive ketones (excluding diaryl/α,β-unsaturated/α-hetero) is 1. The van der Waals surface area contributed by atoms with Gasteiger partial charge in [0.05, 0.1) is 6.54 Å². The highest BCUT2D eigenvalue weighted by atomic mass is 16.1. The highest BCUT2D eigenvalue weighted by Gasteiger charge is 2.22. The Kier molecular flexibility index (Phi) is 5.15. The van der Waals surface area contributed by atoms with Crippen molar-refractivity contribution in [2.24, 2.45) is 0 Å². The van der Waals surface area contributed by atoms with Crippen LogP contribution in [0.25, 0.3) is 0 Å². The Bertz CT molecular complexity index is 427. The van der Waals surface area contributed by atoms with Gasteiger partial charge in [-0.3, -0.25) is 9.69 Å². The molecule has 1 fully saturated rings. The molecule has 1 aromatic carbocycles. The molecule has 0 N–H and O–H groups in total. The minimum Gasteiger partial charge on any atom is -0.293 e. The summed E-state index contributed by atoms with van der Waals surface area (Å²) in [6, 6.07) is 8.52. The SMILES string of the molecule is CCC1CCCCCN1CC(=O)c1ccccc1C. The van der Waals surface area contributed by atoms with Crippen LogP contribution in [0.15, 0.2) is 24.3 Å². The molecule has 1 aliphatic heterocycles. The van der Waals surface area contributed by atoms with E-state index in [9.17, 15) is 4.79 Å². The second-order valence-electron chi connectivity index (χ2n) is 5.62. The molecule has 0 amide bonds. The van der Waals surface area contributed by atoms with Gasteiger partial charge in [0.1, 0.15) is 0 Å². The first kappa shape index (κ1) is 14.3. The van der Waals surface area contributed by atoms with Gasteiger partial charge in [-0.25, -0.2) is 0 Å². The number of rotatable bonds is 4. The maximum Gasteiger partial charge on any atom is 0.177 e. The molecule has 1 atom stereocenters. The van der Waals surface area contributed by atoms with Crippen molar-refractivity contribution in [2.45, 2.75) is 52.0 Å². The van der Waals surface area contributed by atoms with Crippen molar-refractivity contribution in [1.82, 2.24) is 4.90 Å². The van der Waals surface area contributed by atoms with Gasteiger partial charge in [-0.1, -0.05) is 44.0 Å². The van der Waals surface area contributed by atoms with Crippen LogP contribution in [0.2, 0.25) is 0 Å². The predicted octanol–water partition coefficient (Wildman–Crippen LogP) is 3.83. The van der Waals surface area contributed by atoms with Crippen LogP contribution in [0.3, 0.4) is 0 Å². The van der Waals surface area contributed by atoms with Gasteiger partial charge < -0.3 is 0 Å². The molecular weight excluding hydrogens is 234 g/mol. The van der Waals surface area contributed by atoms with Crippen LogP contribution >= 0.6 is 0 Å². The van der Waals surface area contributed by atoms with Crippen LogP contribution in [0.1, 0.15) is 54.9 Å². The maximum atomic E-state index is 12.5. The van der Waals surface area contributed by atoms with Gasteiger partial charge in [0.15, 0.2) is 5.78 Å². The van der Waals surface area contributed by atoms with Gasteiger partial charge in [-0.15, -0.1) is 0 Å². The van der Waals surface area contributed by atoms with Crippen molar-refractivity contribution in [3.8, 4) is 0 Å². The zero-order chi connectivity index (χ0) is 13.7. The lowest BCUT2D eigenvalue weighted by molar-refractivity contribution is 0.0890. The van der Waals surface area contributed by atoms with E-state index in [0.29, 0.717) is 12.6 Å². The summed E-state index contributed by atoms with van der Waals surface area (Å²) in [5.41, 5.74) is 1.98. The van der Waals surface area contributed by atoms with Gasteiger partial charge in [0, 0.05) is 11.6 Å². The third-order valence-electron chi connectivity index (χ3n) is 4.26. The van der Waals surface area contributed by atoms with Gasteiger partial charge in [-0.2, -0.15) is 0 Å². The van der Waals surface area contributed by atoms with E-state index < -0.39 is 0 Å². The second kappa shape index (κ2) is 6.85. The standard InChI is InChI=1S/C17H25NO/c1-3-15-10-5-4-8-12-18(15)13-17(19)16-11-7-6-9-14(16)2/h6-7,9,11,15H,3-5,8,10,12-13H2,1-2H3. The number of hydrogen-bond acceptors (Lipinski definition) is 2. The summed E-state index contributed by atoms with van der Waals surface area (Å²) in [6.45, 7) is 5.92. The minimum absolute atomic E-state index is 0.276. The van der Waals surface area contributed by atoms with E-state index in [0.717, 1.165) is 24.1 Å². The Morgan fingerprint density at radius 1 is 1.26 bits per heavy atom. The largest absolute Gasteiger partial charge is 0.293 e. The third kappa shape index (κ3) is 3.66. The van der Waals surface area contributed by atoms with Crippen LogP contribution < -0.4 is 0 Å². The third-order valence-corrected chi connectivity index (χ3v) is 4.26. The van der Waals surface area contributed by atoms with E-state index in [2.05, 4.69) is 11.8 Å². The van der Waals surface area contributed by atoms with E-state index in [1.54, 1.807) is 0 Å². The van der Waals surface area contributed by atoms with Crippen molar-refractivity contribution in [3.05, 3.63) is 35.4 Å². The van der Waals surface area contributed by atoms with E-state index >= 15 is 0 Å². The fourth-order valence-corrected chi connectivity index (χ4v) is 3.06. The number of carbonyl (C=O) groups is 1. The first-order chi connectivity index (χ1) is 9.22. The molecule has 2 rings (SSSR count). The summed E-state index contributed by atoms with van der Waals surface area (Å²) in [5.74, 6) is 0.276. The van der Waals surface area contributed by atoms with Crippen molar-refractivity contribution in [3.63, 3.8) is 0 Å². The molecular formula is C17H25NO. The van der Waals surface area contributed by atoms with E-state index in [4.69, 9.17) is 0 Å². The molecule has 104 valence electrons. The first-order valence-electron chi connectivity index (χ1n) is 7.55. The van der Waals surface area contributed by atoms with Crippen LogP contribution in [-0.2, 0) is 0 Å². The van der Waals surface area contributed by atoms with Gasteiger partial charge >= 0.3 is 0 Å². The highest BCUT2D eigenvalue weighted by molar-refractivity contribution is 5.98. The summed E-state index contributed by atoms with van der Waals surface area (Å²) in [5, 5.41) is 0. The number of hydrogen-bond donors (Lipinski definition) is 0. The van der Waals surface area contributed by atoms with Crippen molar-refractivity contribution < 1.29 is 4.79 Å². The maximum absolute atomic E-state index is 12.5. The molecule has 1 aromatic rings. The van der Waals surface area contributed by atoms with Crippen molar-refractivity contribution >= 4 is 5.78 Å². The average Bonchev–Trinajstić information content (AvgIpc) is 2.64. The molecule has 0 aromatic heterocycles. The van der Waals surface area contributed by atoms with Crippen LogP contribution in [-0.4, -0.2) is 29.8 Å². The summed E-state index contributed by atoms with van der Waals surface area (Å²) in [7, 11) is 0. The number of ketones is 1. The number of likely N-dealkylation sites (tertiary alicyclic amines) is 1. The van der Waals surface area contributed by atoms with Crippen LogP contribution in [0.5, 0.6) is 0 Å². The van der Waals surface area contributed by atoms with Crippen LogP contribution in [0, 0.1) is 6.92 Å². The van der Waals surface area contributed by atoms with Gasteiger partial charge in [0.25, 0.3) is 0 Å². The Hall–Kier alpha value is -1.15. The number of benzene rings is 1. The fourth-order valence-electron chi connectivity index (χ4n) is 3.06. The summed E-state index contributed by atoms with van der Waals surface area (Å²) in [4.78, 5) is 14.9. The molecule has 0 spiro atoms. The minimum atomic E-state index is 0.276. The highest BCUT2D eigenvalue weighted by Crippen LogP contribution is 2.20. The molecule has 2 nitrogen and oxygen atoms in total. The first-order valence-corrected chi connectivity index (χ1v) is 7.55. The fraction of sp³-hybridized carbons (Fsp3) is 0.588. The Morgan fingerprint density at radius 3 is 2.79 bits per heavy atom. The molecule has 0 radical (unpaired) electrons. The molecule has 1 heterocycles. The lowest BCUT2D eigenvalue weighted by atomic mass is 10.0. The molecule has 2 heteroatoms. The number of aryl methyl sites for hydroxylation is 1. The molecule has 1 aliphatic rings. The lowest BCUT2D eigenvalue weighted by Gasteiger charge is -2.28. The summed E-state index contributed by atoms with van der Waals surface area (Å²) >= 11 is 0. The summed E-state index contributed by atoms with van der Waals surface area (Å²) in [6.07, 6.45) is 6.26. The zero-order valence-electron chi connectivity index (χ0n) is 12.2. The van der Waals surface area contributed by atoms with Crippen molar-refractivity contribution in [2.75, 3.05) is 13.1 Å². The molecule has 1 saturated heterocycles. The van der Waals surface area contributed by atoms with Crippen molar-refractivity contribution in [1.29, 1.82) is 0 Å². The van der Waals surface area contributed by atoms with E-state index in [-0.39, 0.29) is 5.78 Å². The normalized spacial score (nSPS) is 21.1. The Labute approximate surface area is 116 Å². The topological polar surface area (TPSA) is 20.3 Å². The van der Waals surface area contributed by atoms with E-state index in [1.807, 2.05) is 31.2 Å². The molecule has 0 aliphatic carbocycles. The monoisotopic (exact) mass is 259 g/mol. The van der Waals surface area contributed by atoms with E-state index in [1.165, 1.54) is 25.7 Å². The van der Waals surface area contributed by atoms with Gasteiger partial charge in [-0.05, 0) is 38.3 Å². The van der Waals surface area contributed by atoms with Gasteiger partial charge in [0.2, 0.25) is 0 Å². The smallest absolute Gasteiger partial charge is 0.177 e. The zero-order valence-corrected chi connectivity index (χ0v) is 12.2. The predicted molar refractivity (Wildman–Crippen MR) is 79.6 cm³/mol. The van der Waals surface area contributed by atoms with Crippen LogP contribution in [0.4, 0.5) is 0 Å². The lowest BCUT2D eigenvalue weighted by Crippen LogP contribution is -2.38. The molecule has 1 unspecified atom stereocenters. The molecule has 19 heavy (non-hydrogen) atoms. The average molecular weight is 259 g/mol. The Morgan fingerprint density at radius 2 is 2.05 bits per heavy atom. The quantitative estimate of drug-likeness (QED) is 0.766. The Balaban J connectivity index is 2.06. The number of nitrogens with zero attached hydrogens (tertiary/aromatic N) is 1. The molecule has 0 bridgehead atoms.